The molecule has 1 heterocycles. The molecule has 0 spiro atoms. The van der Waals surface area contributed by atoms with Gasteiger partial charge in [0.15, 0.2) is 5.16 Å². The van der Waals surface area contributed by atoms with Gasteiger partial charge in [-0.05, 0) is 36.4 Å². The molecule has 0 radical (unpaired) electrons. The maximum Gasteiger partial charge on any atom is 0.343 e. The van der Waals surface area contributed by atoms with Gasteiger partial charge in [0.2, 0.25) is 0 Å². The molecule has 0 saturated heterocycles. The molecule has 6 heteroatoms. The van der Waals surface area contributed by atoms with E-state index in [2.05, 4.69) is 16.3 Å². The first-order valence-corrected chi connectivity index (χ1v) is 5.73. The van der Waals surface area contributed by atoms with Crippen LogP contribution in [0.5, 0.6) is 0 Å². The zero-order chi connectivity index (χ0) is 12.4. The van der Waals surface area contributed by atoms with Crippen molar-refractivity contribution in [2.24, 2.45) is 7.05 Å². The van der Waals surface area contributed by atoms with Crippen molar-refractivity contribution < 1.29 is 0 Å². The number of H-pyrrole nitrogens is 1. The first-order chi connectivity index (χ1) is 8.11. The Labute approximate surface area is 102 Å². The molecular formula is C11H10N4OS. The van der Waals surface area contributed by atoms with Crippen molar-refractivity contribution in [2.45, 2.75) is 17.0 Å². The fourth-order valence-corrected chi connectivity index (χ4v) is 2.30. The minimum Gasteiger partial charge on any atom is -0.273 e. The zero-order valence-electron chi connectivity index (χ0n) is 9.39. The first-order valence-electron chi connectivity index (χ1n) is 4.92. The Hall–Kier alpha value is -2.00. The van der Waals surface area contributed by atoms with E-state index in [0.717, 1.165) is 10.5 Å². The summed E-state index contributed by atoms with van der Waals surface area (Å²) < 4.78 is 1.41. The normalized spacial score (nSPS) is 10.2. The summed E-state index contributed by atoms with van der Waals surface area (Å²) in [7, 11) is 1.63. The third kappa shape index (κ3) is 2.24. The van der Waals surface area contributed by atoms with Crippen molar-refractivity contribution in [3.05, 3.63) is 39.8 Å². The lowest BCUT2D eigenvalue weighted by molar-refractivity contribution is 0.766. The summed E-state index contributed by atoms with van der Waals surface area (Å²) in [6, 6.07) is 7.68. The number of nitrogens with zero attached hydrogens (tertiary/aromatic N) is 3. The van der Waals surface area contributed by atoms with E-state index in [-0.39, 0.29) is 5.69 Å². The molecule has 86 valence electrons. The van der Waals surface area contributed by atoms with E-state index in [1.165, 1.54) is 16.3 Å². The monoisotopic (exact) mass is 246 g/mol. The van der Waals surface area contributed by atoms with Gasteiger partial charge in [-0.3, -0.25) is 4.57 Å². The average molecular weight is 246 g/mol. The summed E-state index contributed by atoms with van der Waals surface area (Å²) in [4.78, 5) is 12.0. The number of hydrogen-bond donors (Lipinski definition) is 1. The van der Waals surface area contributed by atoms with E-state index in [0.29, 0.717) is 10.7 Å². The van der Waals surface area contributed by atoms with E-state index >= 15 is 0 Å². The van der Waals surface area contributed by atoms with Gasteiger partial charge < -0.3 is 0 Å². The van der Waals surface area contributed by atoms with Gasteiger partial charge in [-0.25, -0.2) is 9.89 Å². The number of aromatic nitrogens is 3. The van der Waals surface area contributed by atoms with Crippen LogP contribution in [0.3, 0.4) is 0 Å². The Kier molecular flexibility index (Phi) is 3.02. The molecule has 0 atom stereocenters. The number of aromatic amines is 1. The average Bonchev–Trinajstić information content (AvgIpc) is 2.61. The molecular weight excluding hydrogens is 236 g/mol. The highest BCUT2D eigenvalue weighted by Gasteiger charge is 2.09. The standard InChI is InChI=1S/C11H10N4OS/c1-7-3-4-8(6-12)9(5-7)17-11-14-13-10(16)15(11)2/h3-5H,1-2H3,(H,13,16). The van der Waals surface area contributed by atoms with Gasteiger partial charge >= 0.3 is 5.69 Å². The molecule has 0 bridgehead atoms. The van der Waals surface area contributed by atoms with Gasteiger partial charge in [-0.15, -0.1) is 5.10 Å². The van der Waals surface area contributed by atoms with E-state index in [1.807, 2.05) is 19.1 Å². The van der Waals surface area contributed by atoms with Crippen LogP contribution < -0.4 is 5.69 Å². The fraction of sp³-hybridized carbons (Fsp3) is 0.182. The molecule has 0 unspecified atom stereocenters. The topological polar surface area (TPSA) is 74.5 Å². The fourth-order valence-electron chi connectivity index (χ4n) is 1.33. The number of rotatable bonds is 2. The molecule has 0 fully saturated rings. The lowest BCUT2D eigenvalue weighted by Crippen LogP contribution is -2.12. The van der Waals surface area contributed by atoms with E-state index < -0.39 is 0 Å². The van der Waals surface area contributed by atoms with Crippen LogP contribution in [0.1, 0.15) is 11.1 Å². The Morgan fingerprint density at radius 1 is 1.53 bits per heavy atom. The SMILES string of the molecule is Cc1ccc(C#N)c(Sc2n[nH]c(=O)n2C)c1. The summed E-state index contributed by atoms with van der Waals surface area (Å²) in [5.41, 5.74) is 1.38. The second kappa shape index (κ2) is 4.47. The minimum absolute atomic E-state index is 0.265. The number of aryl methyl sites for hydroxylation is 1. The number of nitriles is 1. The first kappa shape index (κ1) is 11.5. The minimum atomic E-state index is -0.265. The van der Waals surface area contributed by atoms with Gasteiger partial charge in [-0.2, -0.15) is 5.26 Å². The van der Waals surface area contributed by atoms with Crippen molar-refractivity contribution in [1.29, 1.82) is 5.26 Å². The number of hydrogen-bond acceptors (Lipinski definition) is 4. The van der Waals surface area contributed by atoms with Gasteiger partial charge in [0.1, 0.15) is 6.07 Å². The molecule has 0 aliphatic carbocycles. The highest BCUT2D eigenvalue weighted by molar-refractivity contribution is 7.99. The second-order valence-electron chi connectivity index (χ2n) is 3.58. The highest BCUT2D eigenvalue weighted by Crippen LogP contribution is 2.28. The largest absolute Gasteiger partial charge is 0.343 e. The number of benzene rings is 1. The Balaban J connectivity index is 2.43. The zero-order valence-corrected chi connectivity index (χ0v) is 10.2. The molecule has 0 amide bonds. The molecule has 1 aromatic heterocycles. The Morgan fingerprint density at radius 2 is 2.29 bits per heavy atom. The molecule has 0 aliphatic heterocycles. The molecule has 0 aliphatic rings. The Bertz CT molecular complexity index is 650. The van der Waals surface area contributed by atoms with Crippen molar-refractivity contribution in [3.63, 3.8) is 0 Å². The van der Waals surface area contributed by atoms with Crippen LogP contribution in [0.2, 0.25) is 0 Å². The van der Waals surface area contributed by atoms with Crippen LogP contribution in [0.4, 0.5) is 0 Å². The van der Waals surface area contributed by atoms with Crippen LogP contribution in [0.25, 0.3) is 0 Å². The summed E-state index contributed by atoms with van der Waals surface area (Å²) in [5.74, 6) is 0. The van der Waals surface area contributed by atoms with Crippen LogP contribution in [-0.2, 0) is 7.05 Å². The molecule has 2 rings (SSSR count). The predicted octanol–water partition coefficient (Wildman–Crippen LogP) is 1.44. The summed E-state index contributed by atoms with van der Waals surface area (Å²) >= 11 is 1.30. The van der Waals surface area contributed by atoms with Crippen LogP contribution in [0.15, 0.2) is 33.0 Å². The quantitative estimate of drug-likeness (QED) is 0.870. The molecule has 17 heavy (non-hydrogen) atoms. The van der Waals surface area contributed by atoms with Crippen molar-refractivity contribution >= 4 is 11.8 Å². The van der Waals surface area contributed by atoms with Crippen molar-refractivity contribution in [3.8, 4) is 6.07 Å². The van der Waals surface area contributed by atoms with E-state index in [1.54, 1.807) is 13.1 Å². The summed E-state index contributed by atoms with van der Waals surface area (Å²) in [6.07, 6.45) is 0. The molecule has 0 saturated carbocycles. The molecule has 5 nitrogen and oxygen atoms in total. The van der Waals surface area contributed by atoms with Crippen molar-refractivity contribution in [1.82, 2.24) is 14.8 Å². The maximum atomic E-state index is 11.2. The Morgan fingerprint density at radius 3 is 2.88 bits per heavy atom. The molecule has 1 aromatic carbocycles. The predicted molar refractivity (Wildman–Crippen MR) is 63.8 cm³/mol. The lowest BCUT2D eigenvalue weighted by atomic mass is 10.2. The van der Waals surface area contributed by atoms with E-state index in [9.17, 15) is 4.79 Å². The van der Waals surface area contributed by atoms with Gasteiger partial charge in [0.25, 0.3) is 0 Å². The lowest BCUT2D eigenvalue weighted by Gasteiger charge is -2.03. The van der Waals surface area contributed by atoms with Crippen LogP contribution in [-0.4, -0.2) is 14.8 Å². The van der Waals surface area contributed by atoms with Crippen LogP contribution >= 0.6 is 11.8 Å². The third-order valence-electron chi connectivity index (χ3n) is 2.30. The van der Waals surface area contributed by atoms with Gasteiger partial charge in [0, 0.05) is 11.9 Å². The van der Waals surface area contributed by atoms with Crippen molar-refractivity contribution in [2.75, 3.05) is 0 Å². The third-order valence-corrected chi connectivity index (χ3v) is 3.40. The maximum absolute atomic E-state index is 11.2. The van der Waals surface area contributed by atoms with Gasteiger partial charge in [0.05, 0.1) is 5.56 Å². The summed E-state index contributed by atoms with van der Waals surface area (Å²) in [6.45, 7) is 1.95. The van der Waals surface area contributed by atoms with E-state index in [4.69, 9.17) is 5.26 Å². The molecule has 1 N–H and O–H groups in total. The smallest absolute Gasteiger partial charge is 0.273 e. The van der Waals surface area contributed by atoms with Crippen LogP contribution in [0, 0.1) is 18.3 Å². The highest BCUT2D eigenvalue weighted by atomic mass is 32.2. The summed E-state index contributed by atoms with van der Waals surface area (Å²) in [5, 5.41) is 15.8. The second-order valence-corrected chi connectivity index (χ2v) is 4.59. The number of nitrogens with one attached hydrogen (secondary N) is 1. The van der Waals surface area contributed by atoms with Gasteiger partial charge in [-0.1, -0.05) is 6.07 Å². The molecule has 2 aromatic rings.